The monoisotopic (exact) mass is 189 g/mol. The molecular formula is C7H10F5. The van der Waals surface area contributed by atoms with Crippen molar-refractivity contribution in [2.45, 2.75) is 37.8 Å². The quantitative estimate of drug-likeness (QED) is 0.582. The summed E-state index contributed by atoms with van der Waals surface area (Å²) in [6.45, 7) is 3.25. The van der Waals surface area contributed by atoms with Crippen molar-refractivity contribution in [3.63, 3.8) is 0 Å². The van der Waals surface area contributed by atoms with Gasteiger partial charge in [-0.3, -0.25) is 0 Å². The summed E-state index contributed by atoms with van der Waals surface area (Å²) in [5.41, 5.74) is 0. The van der Waals surface area contributed by atoms with E-state index >= 15 is 0 Å². The zero-order valence-corrected chi connectivity index (χ0v) is 6.37. The number of unbranched alkanes of at least 4 members (excludes halogenated alkanes) is 1. The average molecular weight is 189 g/mol. The summed E-state index contributed by atoms with van der Waals surface area (Å²) in [5, 5.41) is 0. The van der Waals surface area contributed by atoms with E-state index in [0.717, 1.165) is 0 Å². The molecule has 1 radical (unpaired) electrons. The third kappa shape index (κ3) is 3.36. The van der Waals surface area contributed by atoms with Crippen LogP contribution in [0, 0.1) is 6.92 Å². The Balaban J connectivity index is 3.99. The second kappa shape index (κ2) is 4.62. The van der Waals surface area contributed by atoms with Crippen LogP contribution in [0.4, 0.5) is 22.0 Å². The molecule has 0 saturated carbocycles. The van der Waals surface area contributed by atoms with Gasteiger partial charge in [0.2, 0.25) is 6.17 Å². The van der Waals surface area contributed by atoms with Gasteiger partial charge in [-0.2, -0.15) is 0 Å². The molecule has 0 aliphatic heterocycles. The van der Waals surface area contributed by atoms with Crippen LogP contribution in [-0.4, -0.2) is 18.5 Å². The Labute approximate surface area is 67.8 Å². The van der Waals surface area contributed by atoms with E-state index in [2.05, 4.69) is 6.92 Å². The number of alkyl halides is 5. The first-order valence-corrected chi connectivity index (χ1v) is 3.51. The highest BCUT2D eigenvalue weighted by atomic mass is 19.3. The number of rotatable bonds is 5. The first-order valence-electron chi connectivity index (χ1n) is 3.51. The Bertz CT molecular complexity index is 123. The highest BCUT2D eigenvalue weighted by molar-refractivity contribution is 4.78. The summed E-state index contributed by atoms with van der Waals surface area (Å²) in [6, 6.07) is 0. The minimum atomic E-state index is -3.92. The van der Waals surface area contributed by atoms with Gasteiger partial charge in [-0.15, -0.1) is 0 Å². The maximum atomic E-state index is 12.4. The van der Waals surface area contributed by atoms with E-state index in [1.807, 2.05) is 0 Å². The van der Waals surface area contributed by atoms with Crippen LogP contribution < -0.4 is 0 Å². The lowest BCUT2D eigenvalue weighted by molar-refractivity contribution is -0.131. The van der Waals surface area contributed by atoms with Gasteiger partial charge in [-0.05, 0) is 6.42 Å². The molecule has 0 heterocycles. The van der Waals surface area contributed by atoms with Crippen LogP contribution in [0.15, 0.2) is 0 Å². The normalized spacial score (nSPS) is 15.2. The van der Waals surface area contributed by atoms with Crippen molar-refractivity contribution >= 4 is 0 Å². The molecule has 0 aliphatic carbocycles. The van der Waals surface area contributed by atoms with Crippen LogP contribution in [-0.2, 0) is 0 Å². The predicted molar refractivity (Wildman–Crippen MR) is 35.1 cm³/mol. The van der Waals surface area contributed by atoms with Gasteiger partial charge in [0, 0.05) is 6.42 Å². The number of hydrogen-bond acceptors (Lipinski definition) is 0. The minimum absolute atomic E-state index is 0.0554. The molecule has 0 amide bonds. The summed E-state index contributed by atoms with van der Waals surface area (Å²) < 4.78 is 59.8. The Kier molecular flexibility index (Phi) is 4.49. The van der Waals surface area contributed by atoms with Crippen LogP contribution >= 0.6 is 0 Å². The SMILES string of the molecule is [CH2]CCCC(F)(F)[C@@H](F)C(F)F. The average Bonchev–Trinajstić information content (AvgIpc) is 1.99. The molecule has 0 aromatic rings. The molecular weight excluding hydrogens is 179 g/mol. The summed E-state index contributed by atoms with van der Waals surface area (Å²) in [7, 11) is 0. The van der Waals surface area contributed by atoms with Gasteiger partial charge in [-0.1, -0.05) is 13.3 Å². The molecule has 0 fully saturated rings. The highest BCUT2D eigenvalue weighted by Gasteiger charge is 2.45. The fourth-order valence-corrected chi connectivity index (χ4v) is 0.683. The molecule has 0 saturated heterocycles. The molecule has 12 heavy (non-hydrogen) atoms. The molecule has 0 bridgehead atoms. The van der Waals surface area contributed by atoms with Crippen molar-refractivity contribution in [1.82, 2.24) is 0 Å². The van der Waals surface area contributed by atoms with E-state index < -0.39 is 24.9 Å². The van der Waals surface area contributed by atoms with Crippen LogP contribution in [0.5, 0.6) is 0 Å². The second-order valence-corrected chi connectivity index (χ2v) is 2.45. The van der Waals surface area contributed by atoms with Crippen molar-refractivity contribution in [3.8, 4) is 0 Å². The standard InChI is InChI=1S/C7H10F5/c1-2-3-4-7(11,12)5(8)6(9)10/h5-6H,1-4H2/t5-/m0/s1. The van der Waals surface area contributed by atoms with Crippen molar-refractivity contribution in [2.75, 3.05) is 0 Å². The summed E-state index contributed by atoms with van der Waals surface area (Å²) in [5.74, 6) is -3.92. The smallest absolute Gasteiger partial charge is 0.234 e. The topological polar surface area (TPSA) is 0 Å². The van der Waals surface area contributed by atoms with Crippen LogP contribution in [0.1, 0.15) is 19.3 Å². The summed E-state index contributed by atoms with van der Waals surface area (Å²) in [4.78, 5) is 0. The summed E-state index contributed by atoms with van der Waals surface area (Å²) >= 11 is 0. The number of hydrogen-bond donors (Lipinski definition) is 0. The van der Waals surface area contributed by atoms with Crippen molar-refractivity contribution in [1.29, 1.82) is 0 Å². The van der Waals surface area contributed by atoms with Crippen LogP contribution in [0.2, 0.25) is 0 Å². The van der Waals surface area contributed by atoms with E-state index in [4.69, 9.17) is 0 Å². The van der Waals surface area contributed by atoms with Crippen LogP contribution in [0.25, 0.3) is 0 Å². The molecule has 0 rings (SSSR count). The molecule has 0 unspecified atom stereocenters. The molecule has 5 heteroatoms. The molecule has 73 valence electrons. The lowest BCUT2D eigenvalue weighted by Gasteiger charge is -2.19. The van der Waals surface area contributed by atoms with Gasteiger partial charge in [0.15, 0.2) is 0 Å². The Morgan fingerprint density at radius 2 is 1.67 bits per heavy atom. The van der Waals surface area contributed by atoms with Crippen LogP contribution in [0.3, 0.4) is 0 Å². The molecule has 0 spiro atoms. The van der Waals surface area contributed by atoms with Gasteiger partial charge in [-0.25, -0.2) is 22.0 Å². The van der Waals surface area contributed by atoms with Gasteiger partial charge >= 0.3 is 0 Å². The Hall–Kier alpha value is -0.350. The van der Waals surface area contributed by atoms with Crippen molar-refractivity contribution in [3.05, 3.63) is 6.92 Å². The van der Waals surface area contributed by atoms with Crippen molar-refractivity contribution < 1.29 is 22.0 Å². The van der Waals surface area contributed by atoms with Crippen molar-refractivity contribution in [2.24, 2.45) is 0 Å². The van der Waals surface area contributed by atoms with Gasteiger partial charge in [0.05, 0.1) is 0 Å². The number of halogens is 5. The van der Waals surface area contributed by atoms with E-state index in [9.17, 15) is 22.0 Å². The molecule has 0 aromatic carbocycles. The van der Waals surface area contributed by atoms with E-state index in [0.29, 0.717) is 0 Å². The van der Waals surface area contributed by atoms with E-state index in [-0.39, 0.29) is 12.8 Å². The first-order chi connectivity index (χ1) is 5.41. The van der Waals surface area contributed by atoms with Gasteiger partial charge < -0.3 is 0 Å². The lowest BCUT2D eigenvalue weighted by Crippen LogP contribution is -2.35. The maximum absolute atomic E-state index is 12.4. The largest absolute Gasteiger partial charge is 0.284 e. The maximum Gasteiger partial charge on any atom is 0.284 e. The fraction of sp³-hybridized carbons (Fsp3) is 0.857. The Morgan fingerprint density at radius 1 is 1.17 bits per heavy atom. The van der Waals surface area contributed by atoms with Gasteiger partial charge in [0.25, 0.3) is 12.3 Å². The first kappa shape index (κ1) is 11.6. The molecule has 0 nitrogen and oxygen atoms in total. The minimum Gasteiger partial charge on any atom is -0.234 e. The predicted octanol–water partition coefficient (Wildman–Crippen LogP) is 3.23. The molecule has 0 aliphatic rings. The zero-order chi connectivity index (χ0) is 9.78. The van der Waals surface area contributed by atoms with Gasteiger partial charge in [0.1, 0.15) is 0 Å². The highest BCUT2D eigenvalue weighted by Crippen LogP contribution is 2.31. The fourth-order valence-electron chi connectivity index (χ4n) is 0.683. The summed E-state index contributed by atoms with van der Waals surface area (Å²) in [6.07, 6.45) is -7.72. The molecule has 0 aromatic heterocycles. The molecule has 0 N–H and O–H groups in total. The molecule has 1 atom stereocenters. The lowest BCUT2D eigenvalue weighted by atomic mass is 10.1. The van der Waals surface area contributed by atoms with E-state index in [1.54, 1.807) is 0 Å². The Morgan fingerprint density at radius 3 is 2.00 bits per heavy atom. The second-order valence-electron chi connectivity index (χ2n) is 2.45. The zero-order valence-electron chi connectivity index (χ0n) is 6.37. The third-order valence-corrected chi connectivity index (χ3v) is 1.38. The van der Waals surface area contributed by atoms with E-state index in [1.165, 1.54) is 0 Å². The third-order valence-electron chi connectivity index (χ3n) is 1.38.